The summed E-state index contributed by atoms with van der Waals surface area (Å²) >= 11 is 6.02. The van der Waals surface area contributed by atoms with Crippen molar-refractivity contribution in [3.8, 4) is 28.4 Å². The number of fused-ring (bicyclic) bond motifs is 1. The molecule has 1 heterocycles. The molecular formula is C24H24ClNO3. The highest BCUT2D eigenvalue weighted by atomic mass is 35.5. The normalized spacial score (nSPS) is 13.9. The Morgan fingerprint density at radius 1 is 0.931 bits per heavy atom. The minimum Gasteiger partial charge on any atom is -0.497 e. The molecule has 0 radical (unpaired) electrons. The maximum atomic E-state index is 6.08. The molecule has 0 spiro atoms. The third-order valence-electron chi connectivity index (χ3n) is 5.14. The summed E-state index contributed by atoms with van der Waals surface area (Å²) in [5.41, 5.74) is 4.57. The molecule has 0 unspecified atom stereocenters. The number of halogens is 1. The van der Waals surface area contributed by atoms with E-state index in [1.807, 2.05) is 30.3 Å². The second-order valence-corrected chi connectivity index (χ2v) is 7.52. The predicted octanol–water partition coefficient (Wildman–Crippen LogP) is 5.42. The lowest BCUT2D eigenvalue weighted by Crippen LogP contribution is -2.25. The van der Waals surface area contributed by atoms with Crippen LogP contribution in [0.25, 0.3) is 11.1 Å². The van der Waals surface area contributed by atoms with Gasteiger partial charge in [0, 0.05) is 30.2 Å². The largest absolute Gasteiger partial charge is 0.497 e. The fourth-order valence-electron chi connectivity index (χ4n) is 3.62. The fourth-order valence-corrected chi connectivity index (χ4v) is 3.75. The summed E-state index contributed by atoms with van der Waals surface area (Å²) in [6.45, 7) is 3.10. The summed E-state index contributed by atoms with van der Waals surface area (Å²) in [7, 11) is 3.36. The van der Waals surface area contributed by atoms with Crippen LogP contribution in [0.1, 0.15) is 11.1 Å². The summed E-state index contributed by atoms with van der Waals surface area (Å²) in [4.78, 5) is 2.38. The van der Waals surface area contributed by atoms with E-state index in [0.717, 1.165) is 58.6 Å². The van der Waals surface area contributed by atoms with Gasteiger partial charge in [0.25, 0.3) is 0 Å². The van der Waals surface area contributed by atoms with Gasteiger partial charge in [-0.15, -0.1) is 0 Å². The maximum Gasteiger partial charge on any atom is 0.165 e. The van der Waals surface area contributed by atoms with Crippen molar-refractivity contribution in [3.05, 3.63) is 76.8 Å². The van der Waals surface area contributed by atoms with Gasteiger partial charge in [-0.3, -0.25) is 4.90 Å². The molecule has 0 saturated carbocycles. The van der Waals surface area contributed by atoms with Gasteiger partial charge in [-0.05, 0) is 53.1 Å². The Kier molecular flexibility index (Phi) is 5.93. The minimum absolute atomic E-state index is 0.624. The van der Waals surface area contributed by atoms with Gasteiger partial charge in [-0.2, -0.15) is 0 Å². The quantitative estimate of drug-likeness (QED) is 0.563. The Morgan fingerprint density at radius 2 is 1.69 bits per heavy atom. The molecule has 1 aliphatic rings. The van der Waals surface area contributed by atoms with Gasteiger partial charge < -0.3 is 14.2 Å². The van der Waals surface area contributed by atoms with E-state index in [4.69, 9.17) is 25.8 Å². The first kappa shape index (κ1) is 19.6. The van der Waals surface area contributed by atoms with Crippen molar-refractivity contribution in [1.29, 1.82) is 0 Å². The second kappa shape index (κ2) is 8.76. The number of benzene rings is 3. The van der Waals surface area contributed by atoms with E-state index in [9.17, 15) is 0 Å². The molecule has 3 aromatic carbocycles. The molecule has 5 heteroatoms. The average molecular weight is 410 g/mol. The Morgan fingerprint density at radius 3 is 2.38 bits per heavy atom. The van der Waals surface area contributed by atoms with Gasteiger partial charge in [0.05, 0.1) is 14.2 Å². The smallest absolute Gasteiger partial charge is 0.165 e. The van der Waals surface area contributed by atoms with Crippen LogP contribution in [0.5, 0.6) is 17.2 Å². The number of methoxy groups -OCH3 is 2. The lowest BCUT2D eigenvalue weighted by Gasteiger charge is -2.20. The number of ether oxygens (including phenoxy) is 3. The van der Waals surface area contributed by atoms with E-state index in [0.29, 0.717) is 6.61 Å². The molecule has 0 aliphatic carbocycles. The Bertz CT molecular complexity index is 971. The van der Waals surface area contributed by atoms with Crippen molar-refractivity contribution in [2.45, 2.75) is 13.1 Å². The van der Waals surface area contributed by atoms with Gasteiger partial charge in [-0.1, -0.05) is 35.9 Å². The SMILES string of the molecule is COc1ccc(-c2cc3c(c(OC)c2)OCCN(Cc2ccc(Cl)cc2)C3)cc1. The third kappa shape index (κ3) is 4.50. The van der Waals surface area contributed by atoms with E-state index in [-0.39, 0.29) is 0 Å². The average Bonchev–Trinajstić information content (AvgIpc) is 2.96. The highest BCUT2D eigenvalue weighted by Gasteiger charge is 2.20. The monoisotopic (exact) mass is 409 g/mol. The third-order valence-corrected chi connectivity index (χ3v) is 5.39. The zero-order valence-corrected chi connectivity index (χ0v) is 17.4. The van der Waals surface area contributed by atoms with E-state index in [1.165, 1.54) is 5.56 Å². The van der Waals surface area contributed by atoms with Crippen LogP contribution in [-0.2, 0) is 13.1 Å². The lowest BCUT2D eigenvalue weighted by molar-refractivity contribution is 0.217. The molecule has 0 amide bonds. The van der Waals surface area contributed by atoms with Crippen molar-refractivity contribution < 1.29 is 14.2 Å². The van der Waals surface area contributed by atoms with Crippen LogP contribution in [0.3, 0.4) is 0 Å². The second-order valence-electron chi connectivity index (χ2n) is 7.08. The molecule has 0 fully saturated rings. The number of nitrogens with zero attached hydrogens (tertiary/aromatic N) is 1. The maximum absolute atomic E-state index is 6.08. The van der Waals surface area contributed by atoms with Crippen molar-refractivity contribution in [2.75, 3.05) is 27.4 Å². The zero-order chi connectivity index (χ0) is 20.2. The fraction of sp³-hybridized carbons (Fsp3) is 0.250. The van der Waals surface area contributed by atoms with Crippen molar-refractivity contribution in [1.82, 2.24) is 4.90 Å². The van der Waals surface area contributed by atoms with E-state index in [2.05, 4.69) is 35.2 Å². The minimum atomic E-state index is 0.624. The van der Waals surface area contributed by atoms with Gasteiger partial charge in [0.2, 0.25) is 0 Å². The topological polar surface area (TPSA) is 30.9 Å². The molecule has 150 valence electrons. The van der Waals surface area contributed by atoms with Crippen LogP contribution < -0.4 is 14.2 Å². The standard InChI is InChI=1S/C24H24ClNO3/c1-27-22-9-5-18(6-10-22)19-13-20-16-26(15-17-3-7-21(25)8-4-17)11-12-29-24(20)23(14-19)28-2/h3-10,13-14H,11-12,15-16H2,1-2H3. The summed E-state index contributed by atoms with van der Waals surface area (Å²) in [6, 6.07) is 20.3. The van der Waals surface area contributed by atoms with Crippen LogP contribution in [0, 0.1) is 0 Å². The number of hydrogen-bond donors (Lipinski definition) is 0. The van der Waals surface area contributed by atoms with E-state index in [1.54, 1.807) is 14.2 Å². The van der Waals surface area contributed by atoms with Gasteiger partial charge >= 0.3 is 0 Å². The van der Waals surface area contributed by atoms with Gasteiger partial charge in [0.1, 0.15) is 12.4 Å². The van der Waals surface area contributed by atoms with Crippen molar-refractivity contribution in [3.63, 3.8) is 0 Å². The first-order chi connectivity index (χ1) is 14.2. The Balaban J connectivity index is 1.64. The van der Waals surface area contributed by atoms with Gasteiger partial charge in [-0.25, -0.2) is 0 Å². The highest BCUT2D eigenvalue weighted by molar-refractivity contribution is 6.30. The van der Waals surface area contributed by atoms with Crippen LogP contribution in [0.2, 0.25) is 5.02 Å². The molecule has 0 bridgehead atoms. The van der Waals surface area contributed by atoms with Crippen LogP contribution in [0.4, 0.5) is 0 Å². The molecule has 4 rings (SSSR count). The van der Waals surface area contributed by atoms with E-state index < -0.39 is 0 Å². The van der Waals surface area contributed by atoms with Crippen molar-refractivity contribution in [2.24, 2.45) is 0 Å². The first-order valence-corrected chi connectivity index (χ1v) is 9.99. The molecule has 29 heavy (non-hydrogen) atoms. The molecule has 0 atom stereocenters. The van der Waals surface area contributed by atoms with Crippen LogP contribution in [0.15, 0.2) is 60.7 Å². The highest BCUT2D eigenvalue weighted by Crippen LogP contribution is 2.38. The van der Waals surface area contributed by atoms with Gasteiger partial charge in [0.15, 0.2) is 11.5 Å². The summed E-state index contributed by atoms with van der Waals surface area (Å²) < 4.78 is 17.0. The van der Waals surface area contributed by atoms with E-state index >= 15 is 0 Å². The van der Waals surface area contributed by atoms with Crippen molar-refractivity contribution >= 4 is 11.6 Å². The summed E-state index contributed by atoms with van der Waals surface area (Å²) in [6.07, 6.45) is 0. The number of rotatable bonds is 5. The summed E-state index contributed by atoms with van der Waals surface area (Å²) in [5.74, 6) is 2.44. The molecule has 0 saturated heterocycles. The Hall–Kier alpha value is -2.69. The lowest BCUT2D eigenvalue weighted by atomic mass is 10.0. The molecule has 1 aliphatic heterocycles. The molecular weight excluding hydrogens is 386 g/mol. The number of hydrogen-bond acceptors (Lipinski definition) is 4. The predicted molar refractivity (Wildman–Crippen MR) is 116 cm³/mol. The molecule has 0 N–H and O–H groups in total. The molecule has 0 aromatic heterocycles. The Labute approximate surface area is 176 Å². The first-order valence-electron chi connectivity index (χ1n) is 9.61. The summed E-state index contributed by atoms with van der Waals surface area (Å²) in [5, 5.41) is 0.757. The molecule has 4 nitrogen and oxygen atoms in total. The zero-order valence-electron chi connectivity index (χ0n) is 16.7. The van der Waals surface area contributed by atoms with Crippen LogP contribution in [-0.4, -0.2) is 32.3 Å². The van der Waals surface area contributed by atoms with Crippen LogP contribution >= 0.6 is 11.6 Å². The molecule has 3 aromatic rings.